The highest BCUT2D eigenvalue weighted by Crippen LogP contribution is 2.23. The topological polar surface area (TPSA) is 55.8 Å². The Morgan fingerprint density at radius 2 is 2.05 bits per heavy atom. The van der Waals surface area contributed by atoms with Crippen molar-refractivity contribution < 1.29 is 19.4 Å². The second-order valence-corrected chi connectivity index (χ2v) is 4.98. The standard InChI is InChI=1S/C14H19ClO4/c1-9(2)18-7-12(17)8-19-14-5-4-11(15)6-13(14)10(3)16/h4-6,9,12,17H,7-8H2,1-3H3. The molecule has 19 heavy (non-hydrogen) atoms. The fourth-order valence-electron chi connectivity index (χ4n) is 1.44. The highest BCUT2D eigenvalue weighted by Gasteiger charge is 2.12. The quantitative estimate of drug-likeness (QED) is 0.783. The van der Waals surface area contributed by atoms with Crippen molar-refractivity contribution in [3.05, 3.63) is 28.8 Å². The zero-order valence-electron chi connectivity index (χ0n) is 11.4. The molecule has 0 saturated heterocycles. The van der Waals surface area contributed by atoms with Crippen LogP contribution in [-0.2, 0) is 4.74 Å². The number of hydrogen-bond acceptors (Lipinski definition) is 4. The molecule has 0 bridgehead atoms. The smallest absolute Gasteiger partial charge is 0.163 e. The number of ketones is 1. The Morgan fingerprint density at radius 1 is 1.37 bits per heavy atom. The van der Waals surface area contributed by atoms with E-state index in [9.17, 15) is 9.90 Å². The van der Waals surface area contributed by atoms with Crippen molar-refractivity contribution in [3.8, 4) is 5.75 Å². The maximum atomic E-state index is 11.5. The molecule has 1 N–H and O–H groups in total. The van der Waals surface area contributed by atoms with E-state index < -0.39 is 6.10 Å². The minimum absolute atomic E-state index is 0.0537. The van der Waals surface area contributed by atoms with Crippen LogP contribution in [0.15, 0.2) is 18.2 Å². The number of carbonyl (C=O) groups excluding carboxylic acids is 1. The van der Waals surface area contributed by atoms with Gasteiger partial charge in [0, 0.05) is 5.02 Å². The van der Waals surface area contributed by atoms with Crippen molar-refractivity contribution in [2.75, 3.05) is 13.2 Å². The summed E-state index contributed by atoms with van der Waals surface area (Å²) in [5.41, 5.74) is 0.407. The van der Waals surface area contributed by atoms with Crippen LogP contribution in [-0.4, -0.2) is 36.3 Å². The van der Waals surface area contributed by atoms with E-state index in [0.717, 1.165) is 0 Å². The van der Waals surface area contributed by atoms with Crippen molar-refractivity contribution in [2.24, 2.45) is 0 Å². The van der Waals surface area contributed by atoms with Gasteiger partial charge in [0.15, 0.2) is 5.78 Å². The number of Topliss-reactive ketones (excluding diaryl/α,β-unsaturated/α-hetero) is 1. The van der Waals surface area contributed by atoms with Gasteiger partial charge in [-0.2, -0.15) is 0 Å². The largest absolute Gasteiger partial charge is 0.490 e. The first-order valence-corrected chi connectivity index (χ1v) is 6.51. The fraction of sp³-hybridized carbons (Fsp3) is 0.500. The van der Waals surface area contributed by atoms with Gasteiger partial charge in [-0.15, -0.1) is 0 Å². The molecule has 0 amide bonds. The Hall–Kier alpha value is -1.10. The Kier molecular flexibility index (Phi) is 6.28. The molecule has 0 heterocycles. The predicted octanol–water partition coefficient (Wildman–Crippen LogP) is 2.71. The summed E-state index contributed by atoms with van der Waals surface area (Å²) in [6.07, 6.45) is -0.684. The second kappa shape index (κ2) is 7.48. The second-order valence-electron chi connectivity index (χ2n) is 4.54. The normalized spacial score (nSPS) is 12.5. The first-order valence-electron chi connectivity index (χ1n) is 6.13. The van der Waals surface area contributed by atoms with Crippen molar-refractivity contribution in [1.82, 2.24) is 0 Å². The molecule has 1 aromatic rings. The van der Waals surface area contributed by atoms with Crippen LogP contribution in [0.2, 0.25) is 5.02 Å². The summed E-state index contributed by atoms with van der Waals surface area (Å²) in [4.78, 5) is 11.5. The molecule has 0 aliphatic carbocycles. The molecule has 5 heteroatoms. The lowest BCUT2D eigenvalue weighted by molar-refractivity contribution is -0.0123. The molecule has 1 rings (SSSR count). The molecule has 0 aromatic heterocycles. The molecule has 0 aliphatic heterocycles. The van der Waals surface area contributed by atoms with Gasteiger partial charge in [-0.05, 0) is 39.0 Å². The summed E-state index contributed by atoms with van der Waals surface area (Å²) < 4.78 is 10.7. The first-order chi connectivity index (χ1) is 8.90. The van der Waals surface area contributed by atoms with E-state index in [4.69, 9.17) is 21.1 Å². The number of hydrogen-bond donors (Lipinski definition) is 1. The average Bonchev–Trinajstić information content (AvgIpc) is 2.34. The molecule has 0 aliphatic rings. The third-order valence-electron chi connectivity index (χ3n) is 2.37. The monoisotopic (exact) mass is 286 g/mol. The van der Waals surface area contributed by atoms with Crippen molar-refractivity contribution in [1.29, 1.82) is 0 Å². The lowest BCUT2D eigenvalue weighted by Gasteiger charge is -2.15. The Morgan fingerprint density at radius 3 is 2.63 bits per heavy atom. The van der Waals surface area contributed by atoms with Crippen LogP contribution >= 0.6 is 11.6 Å². The zero-order valence-corrected chi connectivity index (χ0v) is 12.1. The summed E-state index contributed by atoms with van der Waals surface area (Å²) in [6, 6.07) is 4.81. The maximum Gasteiger partial charge on any atom is 0.163 e. The van der Waals surface area contributed by atoms with E-state index in [-0.39, 0.29) is 25.1 Å². The number of aliphatic hydroxyl groups is 1. The van der Waals surface area contributed by atoms with Crippen LogP contribution in [0.25, 0.3) is 0 Å². The van der Waals surface area contributed by atoms with Gasteiger partial charge < -0.3 is 14.6 Å². The fourth-order valence-corrected chi connectivity index (χ4v) is 1.61. The third-order valence-corrected chi connectivity index (χ3v) is 2.61. The van der Waals surface area contributed by atoms with E-state index in [1.165, 1.54) is 6.92 Å². The van der Waals surface area contributed by atoms with Gasteiger partial charge in [0.2, 0.25) is 0 Å². The van der Waals surface area contributed by atoms with Gasteiger partial charge in [0.05, 0.1) is 18.3 Å². The van der Waals surface area contributed by atoms with Gasteiger partial charge in [-0.25, -0.2) is 0 Å². The van der Waals surface area contributed by atoms with Crippen LogP contribution < -0.4 is 4.74 Å². The Balaban J connectivity index is 2.60. The average molecular weight is 287 g/mol. The molecule has 1 aromatic carbocycles. The van der Waals surface area contributed by atoms with Gasteiger partial charge in [0.25, 0.3) is 0 Å². The van der Waals surface area contributed by atoms with E-state index in [1.807, 2.05) is 13.8 Å². The van der Waals surface area contributed by atoms with E-state index in [2.05, 4.69) is 0 Å². The first kappa shape index (κ1) is 16.0. The third kappa shape index (κ3) is 5.59. The zero-order chi connectivity index (χ0) is 14.4. The molecule has 1 atom stereocenters. The van der Waals surface area contributed by atoms with E-state index in [0.29, 0.717) is 16.3 Å². The Labute approximate surface area is 118 Å². The Bertz CT molecular complexity index is 431. The number of halogens is 1. The van der Waals surface area contributed by atoms with E-state index in [1.54, 1.807) is 18.2 Å². The lowest BCUT2D eigenvalue weighted by atomic mass is 10.1. The van der Waals surface area contributed by atoms with E-state index >= 15 is 0 Å². The number of ether oxygens (including phenoxy) is 2. The minimum Gasteiger partial charge on any atom is -0.490 e. The van der Waals surface area contributed by atoms with Gasteiger partial charge >= 0.3 is 0 Å². The summed E-state index contributed by atoms with van der Waals surface area (Å²) in [5, 5.41) is 10.2. The lowest BCUT2D eigenvalue weighted by Crippen LogP contribution is -2.25. The van der Waals surface area contributed by atoms with Gasteiger partial charge in [0.1, 0.15) is 18.5 Å². The molecular formula is C14H19ClO4. The van der Waals surface area contributed by atoms with Crippen molar-refractivity contribution in [3.63, 3.8) is 0 Å². The van der Waals surface area contributed by atoms with Crippen molar-refractivity contribution >= 4 is 17.4 Å². The number of benzene rings is 1. The van der Waals surface area contributed by atoms with Crippen LogP contribution in [0.1, 0.15) is 31.1 Å². The molecule has 0 radical (unpaired) electrons. The summed E-state index contributed by atoms with van der Waals surface area (Å²) >= 11 is 5.83. The molecule has 1 unspecified atom stereocenters. The SMILES string of the molecule is CC(=O)c1cc(Cl)ccc1OCC(O)COC(C)C. The maximum absolute atomic E-state index is 11.5. The van der Waals surface area contributed by atoms with Crippen LogP contribution in [0.3, 0.4) is 0 Å². The van der Waals surface area contributed by atoms with Crippen LogP contribution in [0, 0.1) is 0 Å². The summed E-state index contributed by atoms with van der Waals surface area (Å²) in [7, 11) is 0. The highest BCUT2D eigenvalue weighted by molar-refractivity contribution is 6.31. The minimum atomic E-state index is -0.738. The molecule has 4 nitrogen and oxygen atoms in total. The molecule has 106 valence electrons. The summed E-state index contributed by atoms with van der Waals surface area (Å²) in [5.74, 6) is 0.283. The summed E-state index contributed by atoms with van der Waals surface area (Å²) in [6.45, 7) is 5.48. The van der Waals surface area contributed by atoms with Gasteiger partial charge in [-0.3, -0.25) is 4.79 Å². The molecule has 0 spiro atoms. The highest BCUT2D eigenvalue weighted by atomic mass is 35.5. The van der Waals surface area contributed by atoms with Crippen molar-refractivity contribution in [2.45, 2.75) is 33.0 Å². The van der Waals surface area contributed by atoms with Crippen LogP contribution in [0.4, 0.5) is 0 Å². The number of carbonyl (C=O) groups is 1. The number of rotatable bonds is 7. The molecule has 0 saturated carbocycles. The molecule has 0 fully saturated rings. The number of aliphatic hydroxyl groups excluding tert-OH is 1. The van der Waals surface area contributed by atoms with Crippen LogP contribution in [0.5, 0.6) is 5.75 Å². The van der Waals surface area contributed by atoms with Gasteiger partial charge in [-0.1, -0.05) is 11.6 Å². The predicted molar refractivity (Wildman–Crippen MR) is 74.0 cm³/mol. The molecular weight excluding hydrogens is 268 g/mol.